The highest BCUT2D eigenvalue weighted by Crippen LogP contribution is 2.19. The van der Waals surface area contributed by atoms with Crippen LogP contribution in [0.25, 0.3) is 0 Å². The third-order valence-corrected chi connectivity index (χ3v) is 4.77. The number of rotatable bonds is 8. The number of halogens is 1. The Labute approximate surface area is 157 Å². The van der Waals surface area contributed by atoms with Crippen LogP contribution < -0.4 is 5.32 Å². The molecule has 0 unspecified atom stereocenters. The van der Waals surface area contributed by atoms with Gasteiger partial charge in [0.1, 0.15) is 5.82 Å². The fourth-order valence-corrected chi connectivity index (χ4v) is 3.21. The topological polar surface area (TPSA) is 49.4 Å². The van der Waals surface area contributed by atoms with E-state index in [1.54, 1.807) is 17.0 Å². The molecule has 0 aromatic heterocycles. The Morgan fingerprint density at radius 1 is 1.12 bits per heavy atom. The predicted molar refractivity (Wildman–Crippen MR) is 104 cm³/mol. The van der Waals surface area contributed by atoms with Gasteiger partial charge < -0.3 is 10.2 Å². The van der Waals surface area contributed by atoms with Gasteiger partial charge in [0.2, 0.25) is 11.8 Å². The molecule has 4 nitrogen and oxygen atoms in total. The lowest BCUT2D eigenvalue weighted by molar-refractivity contribution is -0.132. The summed E-state index contributed by atoms with van der Waals surface area (Å²) in [6, 6.07) is 13.5. The molecule has 0 atom stereocenters. The average molecular weight is 374 g/mol. The fraction of sp³-hybridized carbons (Fsp3) is 0.300. The molecule has 2 rings (SSSR count). The largest absolute Gasteiger partial charge is 0.333 e. The van der Waals surface area contributed by atoms with Gasteiger partial charge in [-0.1, -0.05) is 25.1 Å². The fourth-order valence-electron chi connectivity index (χ4n) is 2.41. The van der Waals surface area contributed by atoms with Gasteiger partial charge in [0.05, 0.1) is 12.3 Å². The van der Waals surface area contributed by atoms with Crippen molar-refractivity contribution >= 4 is 29.3 Å². The van der Waals surface area contributed by atoms with Crippen LogP contribution in [0.5, 0.6) is 0 Å². The molecule has 0 aliphatic carbocycles. The number of hydrogen-bond donors (Lipinski definition) is 1. The Morgan fingerprint density at radius 2 is 1.81 bits per heavy atom. The molecule has 0 heterocycles. The lowest BCUT2D eigenvalue weighted by Gasteiger charge is -2.21. The normalized spacial score (nSPS) is 10.4. The van der Waals surface area contributed by atoms with Gasteiger partial charge in [-0.15, -0.1) is 11.8 Å². The van der Waals surface area contributed by atoms with Crippen molar-refractivity contribution in [2.45, 2.75) is 25.2 Å². The maximum absolute atomic E-state index is 12.9. The summed E-state index contributed by atoms with van der Waals surface area (Å²) in [5.41, 5.74) is 1.73. The van der Waals surface area contributed by atoms with Crippen LogP contribution in [0.1, 0.15) is 18.9 Å². The summed E-state index contributed by atoms with van der Waals surface area (Å²) in [5, 5.41) is 2.85. The van der Waals surface area contributed by atoms with Crippen molar-refractivity contribution in [2.24, 2.45) is 0 Å². The summed E-state index contributed by atoms with van der Waals surface area (Å²) >= 11 is 1.34. The van der Waals surface area contributed by atoms with Crippen molar-refractivity contribution in [3.05, 3.63) is 59.9 Å². The Kier molecular flexibility index (Phi) is 7.66. The second kappa shape index (κ2) is 9.97. The molecule has 2 aromatic rings. The van der Waals surface area contributed by atoms with Gasteiger partial charge in [0.25, 0.3) is 0 Å². The quantitative estimate of drug-likeness (QED) is 0.708. The van der Waals surface area contributed by atoms with E-state index in [0.717, 1.165) is 22.6 Å². The number of benzene rings is 2. The van der Waals surface area contributed by atoms with E-state index in [1.807, 2.05) is 38.1 Å². The predicted octanol–water partition coefficient (Wildman–Crippen LogP) is 4.10. The van der Waals surface area contributed by atoms with Gasteiger partial charge in [-0.3, -0.25) is 9.59 Å². The maximum atomic E-state index is 12.9. The maximum Gasteiger partial charge on any atom is 0.244 e. The highest BCUT2D eigenvalue weighted by molar-refractivity contribution is 8.00. The molecule has 6 heteroatoms. The first kappa shape index (κ1) is 20.0. The molecule has 0 fully saturated rings. The molecule has 1 N–H and O–H groups in total. The number of carbonyl (C=O) groups is 2. The van der Waals surface area contributed by atoms with Crippen molar-refractivity contribution < 1.29 is 14.0 Å². The number of amides is 2. The van der Waals surface area contributed by atoms with Crippen LogP contribution in [0.2, 0.25) is 0 Å². The number of nitrogens with one attached hydrogen (secondary N) is 1. The number of hydrogen-bond acceptors (Lipinski definition) is 3. The third kappa shape index (κ3) is 6.19. The number of aryl methyl sites for hydroxylation is 1. The molecule has 0 bridgehead atoms. The zero-order valence-corrected chi connectivity index (χ0v) is 15.8. The van der Waals surface area contributed by atoms with E-state index in [9.17, 15) is 14.0 Å². The highest BCUT2D eigenvalue weighted by Gasteiger charge is 2.17. The molecule has 0 aliphatic heterocycles. The zero-order chi connectivity index (χ0) is 18.9. The number of anilines is 1. The molecule has 0 spiro atoms. The zero-order valence-electron chi connectivity index (χ0n) is 15.0. The molecule has 138 valence electrons. The second-order valence-corrected chi connectivity index (χ2v) is 6.97. The van der Waals surface area contributed by atoms with Crippen LogP contribution in [0.3, 0.4) is 0 Å². The number of nitrogens with zero attached hydrogens (tertiary/aromatic N) is 1. The van der Waals surface area contributed by atoms with Crippen LogP contribution in [-0.2, 0) is 9.59 Å². The summed E-state index contributed by atoms with van der Waals surface area (Å²) in [6.45, 7) is 4.42. The van der Waals surface area contributed by atoms with E-state index in [4.69, 9.17) is 0 Å². The van der Waals surface area contributed by atoms with Gasteiger partial charge in [-0.25, -0.2) is 4.39 Å². The van der Waals surface area contributed by atoms with Crippen molar-refractivity contribution in [1.82, 2.24) is 4.90 Å². The lowest BCUT2D eigenvalue weighted by atomic mass is 10.2. The Balaban J connectivity index is 1.91. The van der Waals surface area contributed by atoms with Gasteiger partial charge >= 0.3 is 0 Å². The van der Waals surface area contributed by atoms with Gasteiger partial charge in [0.15, 0.2) is 0 Å². The van der Waals surface area contributed by atoms with Gasteiger partial charge in [0, 0.05) is 17.1 Å². The Bertz CT molecular complexity index is 750. The van der Waals surface area contributed by atoms with Crippen LogP contribution >= 0.6 is 11.8 Å². The van der Waals surface area contributed by atoms with E-state index in [1.165, 1.54) is 23.9 Å². The molecular formula is C20H23FN2O2S. The first-order valence-electron chi connectivity index (χ1n) is 8.51. The summed E-state index contributed by atoms with van der Waals surface area (Å²) in [5.74, 6) is -0.418. The van der Waals surface area contributed by atoms with Crippen molar-refractivity contribution in [3.63, 3.8) is 0 Å². The highest BCUT2D eigenvalue weighted by atomic mass is 32.2. The van der Waals surface area contributed by atoms with Crippen molar-refractivity contribution in [2.75, 3.05) is 24.2 Å². The summed E-state index contributed by atoms with van der Waals surface area (Å²) in [6.07, 6.45) is 0.768. The summed E-state index contributed by atoms with van der Waals surface area (Å²) in [4.78, 5) is 27.2. The molecule has 0 radical (unpaired) electrons. The minimum atomic E-state index is -0.304. The smallest absolute Gasteiger partial charge is 0.244 e. The number of thioether (sulfide) groups is 1. The number of para-hydroxylation sites is 1. The first-order chi connectivity index (χ1) is 12.5. The monoisotopic (exact) mass is 374 g/mol. The van der Waals surface area contributed by atoms with Crippen LogP contribution in [0.15, 0.2) is 53.4 Å². The van der Waals surface area contributed by atoms with E-state index in [2.05, 4.69) is 5.32 Å². The second-order valence-electron chi connectivity index (χ2n) is 5.92. The van der Waals surface area contributed by atoms with Crippen molar-refractivity contribution in [1.29, 1.82) is 0 Å². The van der Waals surface area contributed by atoms with E-state index >= 15 is 0 Å². The minimum Gasteiger partial charge on any atom is -0.333 e. The lowest BCUT2D eigenvalue weighted by Crippen LogP contribution is -2.39. The molecule has 0 saturated heterocycles. The average Bonchev–Trinajstić information content (AvgIpc) is 2.62. The molecule has 0 aliphatic rings. The molecular weight excluding hydrogens is 351 g/mol. The number of carbonyl (C=O) groups excluding carboxylic acids is 2. The van der Waals surface area contributed by atoms with Crippen molar-refractivity contribution in [3.8, 4) is 0 Å². The van der Waals surface area contributed by atoms with Crippen LogP contribution in [0.4, 0.5) is 10.1 Å². The molecule has 26 heavy (non-hydrogen) atoms. The molecule has 2 amide bonds. The van der Waals surface area contributed by atoms with E-state index < -0.39 is 0 Å². The van der Waals surface area contributed by atoms with E-state index in [0.29, 0.717) is 6.54 Å². The third-order valence-electron chi connectivity index (χ3n) is 3.78. The Hall–Kier alpha value is -2.34. The summed E-state index contributed by atoms with van der Waals surface area (Å²) in [7, 11) is 0. The van der Waals surface area contributed by atoms with E-state index in [-0.39, 0.29) is 29.9 Å². The summed E-state index contributed by atoms with van der Waals surface area (Å²) < 4.78 is 12.9. The Morgan fingerprint density at radius 3 is 2.46 bits per heavy atom. The minimum absolute atomic E-state index is 0.0188. The standard InChI is InChI=1S/C20H23FN2O2S/c1-3-12-23(13-19(24)22-18-7-5-4-6-15(18)2)20(25)14-26-17-10-8-16(21)9-11-17/h4-11H,3,12-14H2,1-2H3,(H,22,24). The van der Waals surface area contributed by atoms with Crippen LogP contribution in [-0.4, -0.2) is 35.6 Å². The SMILES string of the molecule is CCCN(CC(=O)Nc1ccccc1C)C(=O)CSc1ccc(F)cc1. The molecule has 2 aromatic carbocycles. The first-order valence-corrected chi connectivity index (χ1v) is 9.49. The van der Waals surface area contributed by atoms with Gasteiger partial charge in [-0.05, 0) is 49.2 Å². The molecule has 0 saturated carbocycles. The van der Waals surface area contributed by atoms with Gasteiger partial charge in [-0.2, -0.15) is 0 Å². The van der Waals surface area contributed by atoms with Crippen LogP contribution in [0, 0.1) is 12.7 Å².